The maximum atomic E-state index is 8.75. The Morgan fingerprint density at radius 2 is 2.23 bits per heavy atom. The van der Waals surface area contributed by atoms with Gasteiger partial charge in [0.15, 0.2) is 0 Å². The second-order valence-corrected chi connectivity index (χ2v) is 2.75. The molecule has 0 rings (SSSR count). The van der Waals surface area contributed by atoms with Crippen molar-refractivity contribution in [3.8, 4) is 0 Å². The van der Waals surface area contributed by atoms with Crippen LogP contribution in [0.15, 0.2) is 0 Å². The molecule has 0 aromatic rings. The SMILES string of the molecule is COCCCN(CCO)NCCN. The highest BCUT2D eigenvalue weighted by atomic mass is 16.5. The molecule has 4 N–H and O–H groups in total. The van der Waals surface area contributed by atoms with E-state index < -0.39 is 0 Å². The van der Waals surface area contributed by atoms with E-state index >= 15 is 0 Å². The normalized spacial score (nSPS) is 11.1. The van der Waals surface area contributed by atoms with Crippen molar-refractivity contribution in [1.29, 1.82) is 0 Å². The third-order valence-electron chi connectivity index (χ3n) is 1.63. The average molecular weight is 191 g/mol. The molecule has 0 aliphatic heterocycles. The Kier molecular flexibility index (Phi) is 9.73. The molecule has 0 saturated heterocycles. The van der Waals surface area contributed by atoms with Gasteiger partial charge in [-0.1, -0.05) is 0 Å². The lowest BCUT2D eigenvalue weighted by molar-refractivity contribution is 0.121. The topological polar surface area (TPSA) is 70.8 Å². The van der Waals surface area contributed by atoms with Gasteiger partial charge in [0.25, 0.3) is 0 Å². The summed E-state index contributed by atoms with van der Waals surface area (Å²) in [5.41, 5.74) is 8.47. The second kappa shape index (κ2) is 9.88. The lowest BCUT2D eigenvalue weighted by atomic mass is 10.4. The van der Waals surface area contributed by atoms with E-state index in [0.29, 0.717) is 13.1 Å². The molecule has 0 aliphatic carbocycles. The molecule has 0 unspecified atom stereocenters. The van der Waals surface area contributed by atoms with Crippen molar-refractivity contribution >= 4 is 0 Å². The Morgan fingerprint density at radius 1 is 1.46 bits per heavy atom. The van der Waals surface area contributed by atoms with E-state index in [2.05, 4.69) is 5.43 Å². The molecule has 0 aromatic carbocycles. The van der Waals surface area contributed by atoms with Crippen LogP contribution in [0.1, 0.15) is 6.42 Å². The highest BCUT2D eigenvalue weighted by Crippen LogP contribution is 1.87. The molecule has 0 aliphatic rings. The first kappa shape index (κ1) is 12.8. The van der Waals surface area contributed by atoms with Gasteiger partial charge in [0.1, 0.15) is 0 Å². The average Bonchev–Trinajstić information content (AvgIpc) is 2.14. The first-order valence-corrected chi connectivity index (χ1v) is 4.63. The van der Waals surface area contributed by atoms with Crippen molar-refractivity contribution in [1.82, 2.24) is 10.4 Å². The lowest BCUT2D eigenvalue weighted by Gasteiger charge is -2.21. The van der Waals surface area contributed by atoms with Crippen molar-refractivity contribution in [2.24, 2.45) is 5.73 Å². The number of nitrogens with zero attached hydrogens (tertiary/aromatic N) is 1. The summed E-state index contributed by atoms with van der Waals surface area (Å²) in [4.78, 5) is 0. The summed E-state index contributed by atoms with van der Waals surface area (Å²) in [6.07, 6.45) is 0.952. The van der Waals surface area contributed by atoms with Gasteiger partial charge in [-0.15, -0.1) is 0 Å². The van der Waals surface area contributed by atoms with Gasteiger partial charge in [-0.25, -0.2) is 5.01 Å². The molecule has 0 amide bonds. The minimum Gasteiger partial charge on any atom is -0.395 e. The Balaban J connectivity index is 3.41. The highest BCUT2D eigenvalue weighted by Gasteiger charge is 2.01. The largest absolute Gasteiger partial charge is 0.395 e. The standard InChI is InChI=1S/C8H21N3O2/c1-13-8-2-5-11(6-7-12)10-4-3-9/h10,12H,2-9H2,1H3. The van der Waals surface area contributed by atoms with Gasteiger partial charge in [0, 0.05) is 39.9 Å². The molecular weight excluding hydrogens is 170 g/mol. The van der Waals surface area contributed by atoms with Gasteiger partial charge in [0.05, 0.1) is 6.61 Å². The summed E-state index contributed by atoms with van der Waals surface area (Å²) in [6.45, 7) is 3.74. The molecule has 0 radical (unpaired) electrons. The third-order valence-corrected chi connectivity index (χ3v) is 1.63. The third kappa shape index (κ3) is 8.14. The van der Waals surface area contributed by atoms with Gasteiger partial charge < -0.3 is 15.6 Å². The maximum absolute atomic E-state index is 8.75. The van der Waals surface area contributed by atoms with Crippen LogP contribution in [-0.4, -0.2) is 56.6 Å². The quantitative estimate of drug-likeness (QED) is 0.315. The lowest BCUT2D eigenvalue weighted by Crippen LogP contribution is -2.43. The van der Waals surface area contributed by atoms with Crippen LogP contribution < -0.4 is 11.2 Å². The molecule has 0 fully saturated rings. The van der Waals surface area contributed by atoms with Gasteiger partial charge in [-0.3, -0.25) is 5.43 Å². The van der Waals surface area contributed by atoms with E-state index in [9.17, 15) is 0 Å². The number of ether oxygens (including phenoxy) is 1. The summed E-state index contributed by atoms with van der Waals surface area (Å²) in [6, 6.07) is 0. The number of hydrazine groups is 1. The number of hydrogen-bond donors (Lipinski definition) is 3. The molecule has 0 atom stereocenters. The molecule has 5 nitrogen and oxygen atoms in total. The zero-order valence-electron chi connectivity index (χ0n) is 8.33. The number of aliphatic hydroxyl groups is 1. The minimum atomic E-state index is 0.157. The first-order chi connectivity index (χ1) is 6.35. The number of rotatable bonds is 9. The first-order valence-electron chi connectivity index (χ1n) is 4.63. The monoisotopic (exact) mass is 191 g/mol. The molecule has 80 valence electrons. The van der Waals surface area contributed by atoms with Gasteiger partial charge in [-0.2, -0.15) is 0 Å². The van der Waals surface area contributed by atoms with E-state index in [1.54, 1.807) is 7.11 Å². The molecule has 5 heteroatoms. The number of nitrogens with two attached hydrogens (primary N) is 1. The molecule has 13 heavy (non-hydrogen) atoms. The van der Waals surface area contributed by atoms with Crippen LogP contribution in [0.25, 0.3) is 0 Å². The molecule has 0 saturated carbocycles. The number of aliphatic hydroxyl groups excluding tert-OH is 1. The van der Waals surface area contributed by atoms with E-state index in [4.69, 9.17) is 15.6 Å². The maximum Gasteiger partial charge on any atom is 0.0572 e. The van der Waals surface area contributed by atoms with Crippen LogP contribution in [0, 0.1) is 0 Å². The summed E-state index contributed by atoms with van der Waals surface area (Å²) in [5, 5.41) is 10.7. The number of hydrogen-bond acceptors (Lipinski definition) is 5. The number of methoxy groups -OCH3 is 1. The Hall–Kier alpha value is -0.200. The van der Waals surface area contributed by atoms with Crippen molar-refractivity contribution in [3.05, 3.63) is 0 Å². The van der Waals surface area contributed by atoms with Crippen LogP contribution in [0.4, 0.5) is 0 Å². The summed E-state index contributed by atoms with van der Waals surface area (Å²) in [5.74, 6) is 0. The fraction of sp³-hybridized carbons (Fsp3) is 1.00. The fourth-order valence-electron chi connectivity index (χ4n) is 1.01. The van der Waals surface area contributed by atoms with Gasteiger partial charge in [0.2, 0.25) is 0 Å². The molecule has 0 heterocycles. The highest BCUT2D eigenvalue weighted by molar-refractivity contribution is 4.52. The van der Waals surface area contributed by atoms with Crippen LogP contribution >= 0.6 is 0 Å². The predicted octanol–water partition coefficient (Wildman–Crippen LogP) is -1.22. The molecular formula is C8H21N3O2. The van der Waals surface area contributed by atoms with E-state index in [-0.39, 0.29) is 6.61 Å². The van der Waals surface area contributed by atoms with E-state index in [1.165, 1.54) is 0 Å². The van der Waals surface area contributed by atoms with Crippen molar-refractivity contribution in [2.45, 2.75) is 6.42 Å². The van der Waals surface area contributed by atoms with E-state index in [0.717, 1.165) is 26.1 Å². The Labute approximate surface area is 79.8 Å². The zero-order chi connectivity index (χ0) is 9.94. The van der Waals surface area contributed by atoms with Crippen LogP contribution in [0.5, 0.6) is 0 Å². The van der Waals surface area contributed by atoms with Gasteiger partial charge >= 0.3 is 0 Å². The van der Waals surface area contributed by atoms with Crippen molar-refractivity contribution in [3.63, 3.8) is 0 Å². The molecule has 0 spiro atoms. The van der Waals surface area contributed by atoms with Gasteiger partial charge in [-0.05, 0) is 6.42 Å². The van der Waals surface area contributed by atoms with Crippen molar-refractivity contribution in [2.75, 3.05) is 46.5 Å². The molecule has 0 aromatic heterocycles. The summed E-state index contributed by atoms with van der Waals surface area (Å²) >= 11 is 0. The molecule has 0 bridgehead atoms. The van der Waals surface area contributed by atoms with Crippen molar-refractivity contribution < 1.29 is 9.84 Å². The zero-order valence-corrected chi connectivity index (χ0v) is 8.33. The van der Waals surface area contributed by atoms with Crippen LogP contribution in [-0.2, 0) is 4.74 Å². The minimum absolute atomic E-state index is 0.157. The number of nitrogens with one attached hydrogen (secondary N) is 1. The predicted molar refractivity (Wildman–Crippen MR) is 52.2 cm³/mol. The van der Waals surface area contributed by atoms with Crippen LogP contribution in [0.3, 0.4) is 0 Å². The van der Waals surface area contributed by atoms with Crippen LogP contribution in [0.2, 0.25) is 0 Å². The summed E-state index contributed by atoms with van der Waals surface area (Å²) < 4.78 is 4.93. The smallest absolute Gasteiger partial charge is 0.0572 e. The second-order valence-electron chi connectivity index (χ2n) is 2.75. The Morgan fingerprint density at radius 3 is 2.77 bits per heavy atom. The summed E-state index contributed by atoms with van der Waals surface area (Å²) in [7, 11) is 1.68. The fourth-order valence-corrected chi connectivity index (χ4v) is 1.01. The van der Waals surface area contributed by atoms with E-state index in [1.807, 2.05) is 5.01 Å². The Bertz CT molecular complexity index is 103.